The first-order valence-corrected chi connectivity index (χ1v) is 8.61. The van der Waals surface area contributed by atoms with Gasteiger partial charge < -0.3 is 14.8 Å². The Hall–Kier alpha value is -2.02. The van der Waals surface area contributed by atoms with Gasteiger partial charge in [0.1, 0.15) is 11.6 Å². The van der Waals surface area contributed by atoms with Crippen LogP contribution in [0.25, 0.3) is 0 Å². The fraction of sp³-hybridized carbons (Fsp3) is 0.471. The molecule has 0 saturated carbocycles. The molecule has 1 N–H and O–H groups in total. The number of hydrogen-bond donors (Lipinski definition) is 1. The largest absolute Gasteiger partial charge is 0.467 e. The van der Waals surface area contributed by atoms with Crippen LogP contribution in [0.4, 0.5) is 4.79 Å². The van der Waals surface area contributed by atoms with Crippen molar-refractivity contribution in [1.29, 1.82) is 0 Å². The molecule has 6 nitrogen and oxygen atoms in total. The normalized spacial score (nSPS) is 12.2. The summed E-state index contributed by atoms with van der Waals surface area (Å²) >= 11 is 1.25. The van der Waals surface area contributed by atoms with Gasteiger partial charge in [0.05, 0.1) is 12.9 Å². The highest BCUT2D eigenvalue weighted by Gasteiger charge is 2.25. The average Bonchev–Trinajstić information content (AvgIpc) is 2.52. The zero-order valence-electron chi connectivity index (χ0n) is 14.3. The van der Waals surface area contributed by atoms with Crippen molar-refractivity contribution in [3.8, 4) is 0 Å². The molecule has 1 atom stereocenters. The monoisotopic (exact) mass is 353 g/mol. The molecule has 132 valence electrons. The quantitative estimate of drug-likeness (QED) is 0.599. The molecule has 0 aliphatic carbocycles. The fourth-order valence-corrected chi connectivity index (χ4v) is 2.66. The van der Waals surface area contributed by atoms with Gasteiger partial charge in [0.15, 0.2) is 5.78 Å². The number of nitrogens with one attached hydrogen (secondary N) is 1. The van der Waals surface area contributed by atoms with Crippen LogP contribution in [0.5, 0.6) is 0 Å². The number of amides is 1. The zero-order valence-corrected chi connectivity index (χ0v) is 15.1. The van der Waals surface area contributed by atoms with Gasteiger partial charge in [0.25, 0.3) is 0 Å². The summed E-state index contributed by atoms with van der Waals surface area (Å²) in [5.74, 6) is -0.208. The van der Waals surface area contributed by atoms with Crippen LogP contribution in [0.15, 0.2) is 30.3 Å². The molecule has 1 aromatic carbocycles. The van der Waals surface area contributed by atoms with E-state index in [4.69, 9.17) is 4.74 Å². The first-order chi connectivity index (χ1) is 11.2. The van der Waals surface area contributed by atoms with Crippen molar-refractivity contribution in [3.05, 3.63) is 35.9 Å². The number of hydrogen-bond acceptors (Lipinski definition) is 6. The van der Waals surface area contributed by atoms with Crippen molar-refractivity contribution < 1.29 is 23.9 Å². The smallest absolute Gasteiger partial charge is 0.408 e. The molecule has 0 radical (unpaired) electrons. The highest BCUT2D eigenvalue weighted by atomic mass is 32.2. The minimum Gasteiger partial charge on any atom is -0.467 e. The third-order valence-corrected chi connectivity index (χ3v) is 3.83. The molecule has 0 aliphatic rings. The lowest BCUT2D eigenvalue weighted by Crippen LogP contribution is -2.45. The zero-order chi connectivity index (χ0) is 18.2. The van der Waals surface area contributed by atoms with Gasteiger partial charge in [-0.05, 0) is 20.8 Å². The number of Topliss-reactive ketones (excluding diaryl/α,β-unsaturated/α-hetero) is 1. The third kappa shape index (κ3) is 7.50. The van der Waals surface area contributed by atoms with Crippen LogP contribution < -0.4 is 5.32 Å². The third-order valence-electron chi connectivity index (χ3n) is 2.79. The molecule has 0 heterocycles. The van der Waals surface area contributed by atoms with Crippen LogP contribution in [0.3, 0.4) is 0 Å². The molecule has 1 aromatic rings. The number of rotatable bonds is 7. The van der Waals surface area contributed by atoms with E-state index in [1.54, 1.807) is 45.0 Å². The van der Waals surface area contributed by atoms with Gasteiger partial charge in [-0.3, -0.25) is 4.79 Å². The van der Waals surface area contributed by atoms with Gasteiger partial charge in [-0.2, -0.15) is 11.8 Å². The summed E-state index contributed by atoms with van der Waals surface area (Å²) in [5, 5.41) is 2.47. The standard InChI is InChI=1S/C17H23NO5S/c1-17(2,3)23-16(21)18-13(15(20)22-4)10-24-11-14(19)12-8-6-5-7-9-12/h5-9,13H,10-11H2,1-4H3,(H,18,21). The lowest BCUT2D eigenvalue weighted by molar-refractivity contribution is -0.142. The molecule has 7 heteroatoms. The van der Waals surface area contributed by atoms with Gasteiger partial charge in [-0.15, -0.1) is 0 Å². The Labute approximate surface area is 146 Å². The number of esters is 1. The van der Waals surface area contributed by atoms with E-state index in [0.29, 0.717) is 5.56 Å². The Balaban J connectivity index is 2.53. The maximum atomic E-state index is 12.0. The molecular formula is C17H23NO5S. The predicted molar refractivity (Wildman–Crippen MR) is 93.3 cm³/mol. The fourth-order valence-electron chi connectivity index (χ4n) is 1.74. The molecule has 0 bridgehead atoms. The summed E-state index contributed by atoms with van der Waals surface area (Å²) in [7, 11) is 1.24. The van der Waals surface area contributed by atoms with E-state index in [1.807, 2.05) is 6.07 Å². The van der Waals surface area contributed by atoms with Crippen LogP contribution in [0.2, 0.25) is 0 Å². The number of ether oxygens (including phenoxy) is 2. The summed E-state index contributed by atoms with van der Waals surface area (Å²) < 4.78 is 9.80. The summed E-state index contributed by atoms with van der Waals surface area (Å²) in [6.45, 7) is 5.19. The second kappa shape index (κ2) is 9.32. The van der Waals surface area contributed by atoms with Crippen LogP contribution in [-0.2, 0) is 14.3 Å². The van der Waals surface area contributed by atoms with E-state index in [2.05, 4.69) is 10.1 Å². The number of alkyl carbamates (subject to hydrolysis) is 1. The number of benzene rings is 1. The Morgan fingerprint density at radius 2 is 1.79 bits per heavy atom. The Morgan fingerprint density at radius 1 is 1.17 bits per heavy atom. The molecule has 0 aromatic heterocycles. The van der Waals surface area contributed by atoms with Crippen LogP contribution in [0.1, 0.15) is 31.1 Å². The van der Waals surface area contributed by atoms with E-state index in [1.165, 1.54) is 18.9 Å². The van der Waals surface area contributed by atoms with Crippen molar-refractivity contribution in [2.24, 2.45) is 0 Å². The number of carbonyl (C=O) groups excluding carboxylic acids is 3. The Kier molecular flexibility index (Phi) is 7.78. The lowest BCUT2D eigenvalue weighted by atomic mass is 10.2. The van der Waals surface area contributed by atoms with Crippen molar-refractivity contribution >= 4 is 29.6 Å². The molecule has 0 spiro atoms. The number of thioether (sulfide) groups is 1. The van der Waals surface area contributed by atoms with Crippen LogP contribution in [-0.4, -0.2) is 48.1 Å². The van der Waals surface area contributed by atoms with E-state index in [9.17, 15) is 14.4 Å². The number of carbonyl (C=O) groups is 3. The summed E-state index contributed by atoms with van der Waals surface area (Å²) in [6, 6.07) is 8.01. The van der Waals surface area contributed by atoms with Crippen molar-refractivity contribution in [3.63, 3.8) is 0 Å². The SMILES string of the molecule is COC(=O)C(CSCC(=O)c1ccccc1)NC(=O)OC(C)(C)C. The molecule has 24 heavy (non-hydrogen) atoms. The average molecular weight is 353 g/mol. The molecule has 1 rings (SSSR count). The van der Waals surface area contributed by atoms with Gasteiger partial charge in [-0.25, -0.2) is 9.59 Å². The molecular weight excluding hydrogens is 330 g/mol. The summed E-state index contributed by atoms with van der Waals surface area (Å²) in [5.41, 5.74) is -0.0547. The molecule has 0 aliphatic heterocycles. The Bertz CT molecular complexity index is 568. The highest BCUT2D eigenvalue weighted by Crippen LogP contribution is 2.11. The predicted octanol–water partition coefficient (Wildman–Crippen LogP) is 2.67. The second-order valence-corrected chi connectivity index (χ2v) is 7.06. The molecule has 0 fully saturated rings. The maximum absolute atomic E-state index is 12.0. The number of ketones is 1. The minimum absolute atomic E-state index is 0.0403. The summed E-state index contributed by atoms with van der Waals surface area (Å²) in [6.07, 6.45) is -0.701. The van der Waals surface area contributed by atoms with E-state index < -0.39 is 23.7 Å². The van der Waals surface area contributed by atoms with E-state index >= 15 is 0 Å². The van der Waals surface area contributed by atoms with Crippen LogP contribution in [0, 0.1) is 0 Å². The van der Waals surface area contributed by atoms with Gasteiger partial charge in [0, 0.05) is 11.3 Å². The first-order valence-electron chi connectivity index (χ1n) is 7.46. The topological polar surface area (TPSA) is 81.7 Å². The second-order valence-electron chi connectivity index (χ2n) is 6.03. The van der Waals surface area contributed by atoms with E-state index in [-0.39, 0.29) is 17.3 Å². The van der Waals surface area contributed by atoms with E-state index in [0.717, 1.165) is 0 Å². The molecule has 0 saturated heterocycles. The number of methoxy groups -OCH3 is 1. The van der Waals surface area contributed by atoms with Crippen molar-refractivity contribution in [2.45, 2.75) is 32.4 Å². The highest BCUT2D eigenvalue weighted by molar-refractivity contribution is 8.00. The Morgan fingerprint density at radius 3 is 2.33 bits per heavy atom. The molecule has 1 amide bonds. The minimum atomic E-state index is -0.876. The van der Waals surface area contributed by atoms with Crippen LogP contribution >= 0.6 is 11.8 Å². The molecule has 1 unspecified atom stereocenters. The van der Waals surface area contributed by atoms with Gasteiger partial charge in [-0.1, -0.05) is 30.3 Å². The maximum Gasteiger partial charge on any atom is 0.408 e. The van der Waals surface area contributed by atoms with Crippen molar-refractivity contribution in [1.82, 2.24) is 5.32 Å². The van der Waals surface area contributed by atoms with Gasteiger partial charge >= 0.3 is 12.1 Å². The lowest BCUT2D eigenvalue weighted by Gasteiger charge is -2.22. The summed E-state index contributed by atoms with van der Waals surface area (Å²) in [4.78, 5) is 35.6. The first kappa shape index (κ1) is 20.0. The van der Waals surface area contributed by atoms with Gasteiger partial charge in [0.2, 0.25) is 0 Å². The van der Waals surface area contributed by atoms with Crippen molar-refractivity contribution in [2.75, 3.05) is 18.6 Å².